The molecule has 0 heterocycles. The molecule has 0 fully saturated rings. The predicted octanol–water partition coefficient (Wildman–Crippen LogP) is 3.61. The van der Waals surface area contributed by atoms with E-state index in [1.54, 1.807) is 6.07 Å². The SMILES string of the molecule is Nc1ccc(C(=O)O)cc1Nc1ccc(F)c(Br)c1. The minimum atomic E-state index is -1.04. The number of anilines is 3. The molecule has 0 atom stereocenters. The van der Waals surface area contributed by atoms with Crippen molar-refractivity contribution >= 4 is 39.0 Å². The third kappa shape index (κ3) is 3.03. The zero-order chi connectivity index (χ0) is 14.0. The van der Waals surface area contributed by atoms with Crippen LogP contribution in [0.2, 0.25) is 0 Å². The summed E-state index contributed by atoms with van der Waals surface area (Å²) in [6.07, 6.45) is 0. The molecule has 0 aliphatic heterocycles. The third-order valence-electron chi connectivity index (χ3n) is 2.50. The lowest BCUT2D eigenvalue weighted by Gasteiger charge is -2.10. The van der Waals surface area contributed by atoms with Gasteiger partial charge in [-0.1, -0.05) is 0 Å². The van der Waals surface area contributed by atoms with Crippen molar-refractivity contribution in [1.29, 1.82) is 0 Å². The average molecular weight is 325 g/mol. The van der Waals surface area contributed by atoms with E-state index in [2.05, 4.69) is 21.2 Å². The van der Waals surface area contributed by atoms with E-state index in [9.17, 15) is 9.18 Å². The van der Waals surface area contributed by atoms with E-state index in [0.29, 0.717) is 21.5 Å². The molecule has 0 aliphatic carbocycles. The first kappa shape index (κ1) is 13.4. The van der Waals surface area contributed by atoms with Crippen LogP contribution in [-0.2, 0) is 0 Å². The highest BCUT2D eigenvalue weighted by molar-refractivity contribution is 9.10. The summed E-state index contributed by atoms with van der Waals surface area (Å²) in [5.41, 5.74) is 7.35. The largest absolute Gasteiger partial charge is 0.478 e. The molecule has 2 aromatic rings. The van der Waals surface area contributed by atoms with Gasteiger partial charge in [0.15, 0.2) is 0 Å². The molecule has 0 unspecified atom stereocenters. The van der Waals surface area contributed by atoms with Gasteiger partial charge in [0.2, 0.25) is 0 Å². The molecule has 2 rings (SSSR count). The fourth-order valence-corrected chi connectivity index (χ4v) is 1.91. The second-order valence-corrected chi connectivity index (χ2v) is 4.72. The van der Waals surface area contributed by atoms with Gasteiger partial charge < -0.3 is 16.2 Å². The van der Waals surface area contributed by atoms with Crippen molar-refractivity contribution in [2.45, 2.75) is 0 Å². The molecule has 4 nitrogen and oxygen atoms in total. The highest BCUT2D eigenvalue weighted by Gasteiger charge is 2.08. The molecule has 0 spiro atoms. The van der Waals surface area contributed by atoms with E-state index in [0.717, 1.165) is 0 Å². The number of carboxylic acid groups (broad SMARTS) is 1. The summed E-state index contributed by atoms with van der Waals surface area (Å²) in [4.78, 5) is 10.9. The number of nitrogens with one attached hydrogen (secondary N) is 1. The van der Waals surface area contributed by atoms with Crippen molar-refractivity contribution < 1.29 is 14.3 Å². The highest BCUT2D eigenvalue weighted by Crippen LogP contribution is 2.27. The molecule has 0 amide bonds. The van der Waals surface area contributed by atoms with Gasteiger partial charge >= 0.3 is 5.97 Å². The Morgan fingerprint density at radius 2 is 2.00 bits per heavy atom. The molecule has 0 saturated heterocycles. The van der Waals surface area contributed by atoms with Crippen molar-refractivity contribution in [1.82, 2.24) is 0 Å². The Bertz CT molecular complexity index is 647. The molecule has 0 bridgehead atoms. The number of rotatable bonds is 3. The van der Waals surface area contributed by atoms with E-state index in [-0.39, 0.29) is 11.4 Å². The summed E-state index contributed by atoms with van der Waals surface area (Å²) >= 11 is 3.08. The van der Waals surface area contributed by atoms with Crippen LogP contribution in [-0.4, -0.2) is 11.1 Å². The van der Waals surface area contributed by atoms with Crippen LogP contribution in [0.1, 0.15) is 10.4 Å². The molecule has 2 aromatic carbocycles. The van der Waals surface area contributed by atoms with Gasteiger partial charge in [0.05, 0.1) is 21.4 Å². The van der Waals surface area contributed by atoms with E-state index in [4.69, 9.17) is 10.8 Å². The molecule has 0 aromatic heterocycles. The normalized spacial score (nSPS) is 10.2. The lowest BCUT2D eigenvalue weighted by atomic mass is 10.1. The fraction of sp³-hybridized carbons (Fsp3) is 0. The number of aromatic carboxylic acids is 1. The van der Waals surface area contributed by atoms with Gasteiger partial charge in [-0.2, -0.15) is 0 Å². The minimum Gasteiger partial charge on any atom is -0.478 e. The van der Waals surface area contributed by atoms with Crippen LogP contribution in [0.4, 0.5) is 21.5 Å². The number of halogens is 2. The summed E-state index contributed by atoms with van der Waals surface area (Å²) in [5.74, 6) is -1.42. The lowest BCUT2D eigenvalue weighted by molar-refractivity contribution is 0.0697. The zero-order valence-corrected chi connectivity index (χ0v) is 11.2. The van der Waals surface area contributed by atoms with Gasteiger partial charge in [0.1, 0.15) is 5.82 Å². The van der Waals surface area contributed by atoms with Crippen LogP contribution in [0.15, 0.2) is 40.9 Å². The van der Waals surface area contributed by atoms with Gasteiger partial charge in [0, 0.05) is 5.69 Å². The summed E-state index contributed by atoms with van der Waals surface area (Å²) < 4.78 is 13.4. The molecule has 0 aliphatic rings. The van der Waals surface area contributed by atoms with Crippen molar-refractivity contribution in [3.8, 4) is 0 Å². The van der Waals surface area contributed by atoms with Crippen LogP contribution in [0.25, 0.3) is 0 Å². The highest BCUT2D eigenvalue weighted by atomic mass is 79.9. The first-order valence-electron chi connectivity index (χ1n) is 5.32. The molecular formula is C13H10BrFN2O2. The van der Waals surface area contributed by atoms with Crippen molar-refractivity contribution in [2.75, 3.05) is 11.1 Å². The van der Waals surface area contributed by atoms with Crippen LogP contribution in [0.3, 0.4) is 0 Å². The second kappa shape index (κ2) is 5.27. The smallest absolute Gasteiger partial charge is 0.335 e. The second-order valence-electron chi connectivity index (χ2n) is 3.86. The van der Waals surface area contributed by atoms with Crippen LogP contribution >= 0.6 is 15.9 Å². The summed E-state index contributed by atoms with van der Waals surface area (Å²) in [7, 11) is 0. The van der Waals surface area contributed by atoms with Crippen LogP contribution < -0.4 is 11.1 Å². The van der Waals surface area contributed by atoms with Crippen molar-refractivity contribution in [3.63, 3.8) is 0 Å². The summed E-state index contributed by atoms with van der Waals surface area (Å²) in [6.45, 7) is 0. The number of hydrogen-bond donors (Lipinski definition) is 3. The first-order valence-corrected chi connectivity index (χ1v) is 6.11. The quantitative estimate of drug-likeness (QED) is 0.754. The lowest BCUT2D eigenvalue weighted by Crippen LogP contribution is -2.01. The Hall–Kier alpha value is -2.08. The van der Waals surface area contributed by atoms with Gasteiger partial charge in [0.25, 0.3) is 0 Å². The number of carbonyl (C=O) groups is 1. The van der Waals surface area contributed by atoms with Gasteiger partial charge in [-0.25, -0.2) is 9.18 Å². The van der Waals surface area contributed by atoms with Crippen LogP contribution in [0, 0.1) is 5.82 Å². The first-order chi connectivity index (χ1) is 8.97. The number of benzene rings is 2. The Morgan fingerprint density at radius 3 is 2.63 bits per heavy atom. The van der Waals surface area contributed by atoms with E-state index < -0.39 is 5.97 Å². The number of hydrogen-bond acceptors (Lipinski definition) is 3. The molecule has 0 saturated carbocycles. The topological polar surface area (TPSA) is 75.4 Å². The van der Waals surface area contributed by atoms with Crippen molar-refractivity contribution in [2.24, 2.45) is 0 Å². The molecule has 19 heavy (non-hydrogen) atoms. The Kier molecular flexibility index (Phi) is 3.71. The van der Waals surface area contributed by atoms with E-state index in [1.807, 2.05) is 0 Å². The van der Waals surface area contributed by atoms with E-state index in [1.165, 1.54) is 30.3 Å². The molecule has 98 valence electrons. The van der Waals surface area contributed by atoms with Gasteiger partial charge in [-0.05, 0) is 52.3 Å². The maximum Gasteiger partial charge on any atom is 0.335 e. The zero-order valence-electron chi connectivity index (χ0n) is 9.65. The summed E-state index contributed by atoms with van der Waals surface area (Å²) in [5, 5.41) is 11.9. The van der Waals surface area contributed by atoms with Crippen molar-refractivity contribution in [3.05, 3.63) is 52.3 Å². The van der Waals surface area contributed by atoms with Gasteiger partial charge in [-0.3, -0.25) is 0 Å². The Labute approximate surface area is 117 Å². The Morgan fingerprint density at radius 1 is 1.26 bits per heavy atom. The average Bonchev–Trinajstić information content (AvgIpc) is 2.36. The Balaban J connectivity index is 2.34. The molecule has 4 N–H and O–H groups in total. The summed E-state index contributed by atoms with van der Waals surface area (Å²) in [6, 6.07) is 8.72. The predicted molar refractivity (Wildman–Crippen MR) is 75.2 cm³/mol. The number of nitrogen functional groups attached to an aromatic ring is 1. The molecule has 0 radical (unpaired) electrons. The standard InChI is InChI=1S/C13H10BrFN2O2/c14-9-6-8(2-3-10(9)15)17-12-5-7(13(18)19)1-4-11(12)16/h1-6,17H,16H2,(H,18,19). The molecule has 6 heteroatoms. The fourth-order valence-electron chi connectivity index (χ4n) is 1.53. The maximum atomic E-state index is 13.1. The number of nitrogens with two attached hydrogens (primary N) is 1. The van der Waals surface area contributed by atoms with Crippen LogP contribution in [0.5, 0.6) is 0 Å². The maximum absolute atomic E-state index is 13.1. The molecular weight excluding hydrogens is 315 g/mol. The number of carboxylic acids is 1. The monoisotopic (exact) mass is 324 g/mol. The third-order valence-corrected chi connectivity index (χ3v) is 3.11. The minimum absolute atomic E-state index is 0.123. The van der Waals surface area contributed by atoms with Gasteiger partial charge in [-0.15, -0.1) is 0 Å². The van der Waals surface area contributed by atoms with E-state index >= 15 is 0 Å².